The summed E-state index contributed by atoms with van der Waals surface area (Å²) in [6.07, 6.45) is 0. The molecule has 0 radical (unpaired) electrons. The average molecular weight is 626 g/mol. The summed E-state index contributed by atoms with van der Waals surface area (Å²) in [7, 11) is 0. The minimum absolute atomic E-state index is 0.625. The van der Waals surface area contributed by atoms with Crippen LogP contribution in [0.5, 0.6) is 0 Å². The zero-order chi connectivity index (χ0) is 32.3. The van der Waals surface area contributed by atoms with Crippen LogP contribution in [0.4, 0.5) is 0 Å². The van der Waals surface area contributed by atoms with E-state index in [0.29, 0.717) is 17.5 Å². The van der Waals surface area contributed by atoms with E-state index >= 15 is 0 Å². The number of hydrogen-bond donors (Lipinski definition) is 0. The summed E-state index contributed by atoms with van der Waals surface area (Å²) in [6, 6.07) is 56.9. The maximum atomic E-state index is 6.20. The van der Waals surface area contributed by atoms with Crippen molar-refractivity contribution in [3.8, 4) is 45.3 Å². The smallest absolute Gasteiger partial charge is 0.164 e. The Morgan fingerprint density at radius 2 is 0.918 bits per heavy atom. The minimum Gasteiger partial charge on any atom is -0.456 e. The highest BCUT2D eigenvalue weighted by Gasteiger charge is 2.16. The van der Waals surface area contributed by atoms with Crippen molar-refractivity contribution in [2.75, 3.05) is 0 Å². The first-order valence-electron chi connectivity index (χ1n) is 16.4. The third-order valence-corrected chi connectivity index (χ3v) is 9.48. The molecule has 2 heterocycles. The molecule has 4 nitrogen and oxygen atoms in total. The minimum atomic E-state index is 0.625. The number of fused-ring (bicyclic) bond motifs is 8. The molecular weight excluding hydrogens is 599 g/mol. The molecule has 2 aromatic heterocycles. The Kier molecular flexibility index (Phi) is 6.15. The summed E-state index contributed by atoms with van der Waals surface area (Å²) >= 11 is 0. The Balaban J connectivity index is 1.15. The van der Waals surface area contributed by atoms with Gasteiger partial charge >= 0.3 is 0 Å². The summed E-state index contributed by atoms with van der Waals surface area (Å²) in [5.41, 5.74) is 6.73. The van der Waals surface area contributed by atoms with Gasteiger partial charge in [-0.2, -0.15) is 0 Å². The molecule has 0 aliphatic carbocycles. The topological polar surface area (TPSA) is 51.8 Å². The second-order valence-electron chi connectivity index (χ2n) is 12.4. The van der Waals surface area contributed by atoms with Gasteiger partial charge in [-0.25, -0.2) is 15.0 Å². The number of rotatable bonds is 4. The van der Waals surface area contributed by atoms with Crippen molar-refractivity contribution in [1.29, 1.82) is 0 Å². The second-order valence-corrected chi connectivity index (χ2v) is 12.4. The van der Waals surface area contributed by atoms with E-state index in [0.717, 1.165) is 55.1 Å². The van der Waals surface area contributed by atoms with Crippen molar-refractivity contribution in [2.24, 2.45) is 0 Å². The van der Waals surface area contributed by atoms with Crippen molar-refractivity contribution < 1.29 is 4.42 Å². The van der Waals surface area contributed by atoms with Crippen LogP contribution in [-0.4, -0.2) is 15.0 Å². The van der Waals surface area contributed by atoms with Crippen LogP contribution in [0.2, 0.25) is 0 Å². The van der Waals surface area contributed by atoms with Gasteiger partial charge in [-0.1, -0.05) is 140 Å². The predicted molar refractivity (Wildman–Crippen MR) is 201 cm³/mol. The molecule has 0 bridgehead atoms. The lowest BCUT2D eigenvalue weighted by Gasteiger charge is -2.12. The van der Waals surface area contributed by atoms with Crippen LogP contribution in [-0.2, 0) is 0 Å². The number of benzene rings is 8. The van der Waals surface area contributed by atoms with Gasteiger partial charge in [0.15, 0.2) is 17.5 Å². The molecule has 0 unspecified atom stereocenters. The van der Waals surface area contributed by atoms with Crippen molar-refractivity contribution in [3.05, 3.63) is 164 Å². The number of aromatic nitrogens is 3. The molecule has 0 aliphatic heterocycles. The second kappa shape index (κ2) is 11.0. The van der Waals surface area contributed by atoms with Crippen molar-refractivity contribution in [2.45, 2.75) is 0 Å². The van der Waals surface area contributed by atoms with Gasteiger partial charge in [-0.05, 0) is 67.7 Å². The zero-order valence-corrected chi connectivity index (χ0v) is 26.3. The third kappa shape index (κ3) is 4.57. The summed E-state index contributed by atoms with van der Waals surface area (Å²) < 4.78 is 6.20. The fraction of sp³-hybridized carbons (Fsp3) is 0. The fourth-order valence-electron chi connectivity index (χ4n) is 7.17. The Bertz CT molecular complexity index is 2890. The molecule has 0 saturated carbocycles. The van der Waals surface area contributed by atoms with E-state index in [1.165, 1.54) is 26.9 Å². The highest BCUT2D eigenvalue weighted by molar-refractivity contribution is 6.20. The molecule has 10 aromatic rings. The van der Waals surface area contributed by atoms with Crippen LogP contribution >= 0.6 is 0 Å². The standard InChI is InChI=1S/C45H27N3O/c1-2-11-30(12-3-1)43-46-44(33-14-8-13-31(26-33)36-17-9-19-40-42(36)38-16-6-7-18-39(38)49-40)48-45(47-43)34-24-25-37-32(27-34)23-22-29-21-20-28-10-4-5-15-35(28)41(29)37/h1-27H. The molecule has 10 rings (SSSR count). The van der Waals surface area contributed by atoms with Crippen LogP contribution in [0, 0.1) is 0 Å². The fourth-order valence-corrected chi connectivity index (χ4v) is 7.17. The monoisotopic (exact) mass is 625 g/mol. The highest BCUT2D eigenvalue weighted by atomic mass is 16.3. The summed E-state index contributed by atoms with van der Waals surface area (Å²) in [5.74, 6) is 1.90. The van der Waals surface area contributed by atoms with Gasteiger partial charge < -0.3 is 4.42 Å². The van der Waals surface area contributed by atoms with Gasteiger partial charge in [0.1, 0.15) is 11.2 Å². The molecule has 0 saturated heterocycles. The summed E-state index contributed by atoms with van der Waals surface area (Å²) in [6.45, 7) is 0. The van der Waals surface area contributed by atoms with Crippen LogP contribution in [0.1, 0.15) is 0 Å². The van der Waals surface area contributed by atoms with Crippen molar-refractivity contribution in [1.82, 2.24) is 15.0 Å². The van der Waals surface area contributed by atoms with Gasteiger partial charge in [-0.3, -0.25) is 0 Å². The average Bonchev–Trinajstić information content (AvgIpc) is 3.57. The number of furan rings is 1. The first-order valence-corrected chi connectivity index (χ1v) is 16.4. The first kappa shape index (κ1) is 27.5. The van der Waals surface area contributed by atoms with Crippen LogP contribution in [0.3, 0.4) is 0 Å². The number of hydrogen-bond acceptors (Lipinski definition) is 4. The largest absolute Gasteiger partial charge is 0.456 e. The van der Waals surface area contributed by atoms with Gasteiger partial charge in [-0.15, -0.1) is 0 Å². The summed E-state index contributed by atoms with van der Waals surface area (Å²) in [5, 5.41) is 9.55. The maximum Gasteiger partial charge on any atom is 0.164 e. The summed E-state index contributed by atoms with van der Waals surface area (Å²) in [4.78, 5) is 15.2. The van der Waals surface area contributed by atoms with Crippen LogP contribution in [0.25, 0.3) is 99.5 Å². The van der Waals surface area contributed by atoms with Gasteiger partial charge in [0.05, 0.1) is 0 Å². The Morgan fingerprint density at radius 1 is 0.327 bits per heavy atom. The molecular formula is C45H27N3O. The van der Waals surface area contributed by atoms with Gasteiger partial charge in [0.25, 0.3) is 0 Å². The molecule has 0 aliphatic rings. The normalized spacial score (nSPS) is 11.7. The lowest BCUT2D eigenvalue weighted by Crippen LogP contribution is -2.00. The van der Waals surface area contributed by atoms with Gasteiger partial charge in [0.2, 0.25) is 0 Å². The van der Waals surface area contributed by atoms with E-state index in [1.54, 1.807) is 0 Å². The molecule has 8 aromatic carbocycles. The van der Waals surface area contributed by atoms with Gasteiger partial charge in [0, 0.05) is 27.5 Å². The SMILES string of the molecule is c1ccc(-c2nc(-c3cccc(-c4cccc5oc6ccccc6c45)c3)nc(-c3ccc4c(ccc5ccc6ccccc6c54)c3)n2)cc1. The van der Waals surface area contributed by atoms with E-state index < -0.39 is 0 Å². The molecule has 0 atom stereocenters. The number of para-hydroxylation sites is 1. The Labute approximate surface area is 282 Å². The molecule has 0 spiro atoms. The molecule has 0 amide bonds. The molecule has 228 valence electrons. The third-order valence-electron chi connectivity index (χ3n) is 9.48. The highest BCUT2D eigenvalue weighted by Crippen LogP contribution is 2.38. The van der Waals surface area contributed by atoms with E-state index in [2.05, 4.69) is 109 Å². The maximum absolute atomic E-state index is 6.20. The van der Waals surface area contributed by atoms with Crippen molar-refractivity contribution in [3.63, 3.8) is 0 Å². The molecule has 0 fully saturated rings. The Morgan fingerprint density at radius 3 is 1.78 bits per heavy atom. The number of nitrogens with zero attached hydrogens (tertiary/aromatic N) is 3. The molecule has 49 heavy (non-hydrogen) atoms. The first-order chi connectivity index (χ1) is 24.3. The van der Waals surface area contributed by atoms with E-state index in [1.807, 2.05) is 54.6 Å². The lowest BCUT2D eigenvalue weighted by atomic mass is 9.95. The van der Waals surface area contributed by atoms with E-state index in [-0.39, 0.29) is 0 Å². The quantitative estimate of drug-likeness (QED) is 0.183. The predicted octanol–water partition coefficient (Wildman–Crippen LogP) is 11.9. The lowest BCUT2D eigenvalue weighted by molar-refractivity contribution is 0.669. The van der Waals surface area contributed by atoms with Crippen LogP contribution in [0.15, 0.2) is 168 Å². The van der Waals surface area contributed by atoms with E-state index in [4.69, 9.17) is 19.4 Å². The Hall–Kier alpha value is -6.65. The van der Waals surface area contributed by atoms with E-state index in [9.17, 15) is 0 Å². The molecule has 0 N–H and O–H groups in total. The van der Waals surface area contributed by atoms with Crippen LogP contribution < -0.4 is 0 Å². The molecule has 4 heteroatoms. The zero-order valence-electron chi connectivity index (χ0n) is 26.3. The van der Waals surface area contributed by atoms with Crippen molar-refractivity contribution >= 4 is 54.3 Å².